The summed E-state index contributed by atoms with van der Waals surface area (Å²) in [5.74, 6) is 0.682. The van der Waals surface area contributed by atoms with Crippen molar-refractivity contribution in [1.29, 1.82) is 0 Å². The first-order chi connectivity index (χ1) is 23.2. The summed E-state index contributed by atoms with van der Waals surface area (Å²) in [7, 11) is 3.35. The van der Waals surface area contributed by atoms with Crippen molar-refractivity contribution in [3.05, 3.63) is 130 Å². The van der Waals surface area contributed by atoms with Crippen LogP contribution in [0.5, 0.6) is 17.2 Å². The van der Waals surface area contributed by atoms with Gasteiger partial charge in [0.15, 0.2) is 32.0 Å². The first kappa shape index (κ1) is 36.0. The lowest BCUT2D eigenvalue weighted by Crippen LogP contribution is -2.09. The minimum atomic E-state index is -4.53. The minimum Gasteiger partial charge on any atom is -0.493 e. The summed E-state index contributed by atoms with van der Waals surface area (Å²) < 4.78 is 95.5. The Bertz CT molecular complexity index is 1860. The molecule has 0 aliphatic carbocycles. The summed E-state index contributed by atoms with van der Waals surface area (Å²) in [6, 6.07) is 24.3. The van der Waals surface area contributed by atoms with E-state index in [0.29, 0.717) is 53.0 Å². The topological polar surface area (TPSA) is 44.8 Å². The summed E-state index contributed by atoms with van der Waals surface area (Å²) in [5.41, 5.74) is -1.02. The molecule has 0 aromatic heterocycles. The number of alkyl halides is 6. The fourth-order valence-corrected chi connectivity index (χ4v) is 8.00. The molecule has 5 aromatic carbocycles. The first-order valence-electron chi connectivity index (χ1n) is 14.2. The average Bonchev–Trinajstić information content (AvgIpc) is 3.08. The fourth-order valence-electron chi connectivity index (χ4n) is 4.84. The second kappa shape index (κ2) is 14.7. The van der Waals surface area contributed by atoms with Gasteiger partial charge in [0.1, 0.15) is 0 Å². The van der Waals surface area contributed by atoms with Gasteiger partial charge in [-0.2, -0.15) is 26.3 Å². The van der Waals surface area contributed by atoms with Gasteiger partial charge in [0.25, 0.3) is 0 Å². The number of halogens is 7. The lowest BCUT2D eigenvalue weighted by Gasteiger charge is -2.14. The fraction of sp³-hybridized carbons (Fsp3) is 0.139. The van der Waals surface area contributed by atoms with E-state index in [9.17, 15) is 31.1 Å². The van der Waals surface area contributed by atoms with Crippen molar-refractivity contribution in [1.82, 2.24) is 0 Å². The SMILES string of the molecule is COc1cc(C(=O)c2ccc(Sc3ccc([S+](c4ccc(C(F)(F)F)cc4)c4ccc(C(F)(F)F)cc4)cc3)c(Cl)c2)cc(OC)c1OC. The van der Waals surface area contributed by atoms with Crippen LogP contribution < -0.4 is 14.2 Å². The van der Waals surface area contributed by atoms with Crippen LogP contribution in [-0.2, 0) is 23.2 Å². The molecule has 0 amide bonds. The lowest BCUT2D eigenvalue weighted by molar-refractivity contribution is -0.138. The monoisotopic (exact) mass is 735 g/mol. The van der Waals surface area contributed by atoms with Gasteiger partial charge in [-0.25, -0.2) is 0 Å². The van der Waals surface area contributed by atoms with Crippen LogP contribution in [-0.4, -0.2) is 27.1 Å². The summed E-state index contributed by atoms with van der Waals surface area (Å²) in [4.78, 5) is 16.4. The maximum atomic E-state index is 13.3. The highest BCUT2D eigenvalue weighted by Gasteiger charge is 2.35. The molecule has 0 heterocycles. The molecule has 0 unspecified atom stereocenters. The molecular formula is C36H26ClF6O4S2+. The molecule has 0 saturated carbocycles. The minimum absolute atomic E-state index is 0.304. The molecule has 0 aliphatic rings. The molecule has 0 atom stereocenters. The van der Waals surface area contributed by atoms with Crippen molar-refractivity contribution < 1.29 is 45.3 Å². The number of carbonyl (C=O) groups excluding carboxylic acids is 1. The number of rotatable bonds is 10. The Morgan fingerprint density at radius 2 is 1.06 bits per heavy atom. The smallest absolute Gasteiger partial charge is 0.416 e. The number of methoxy groups -OCH3 is 3. The van der Waals surface area contributed by atoms with Crippen molar-refractivity contribution >= 4 is 40.0 Å². The molecule has 4 nitrogen and oxygen atoms in total. The molecule has 0 saturated heterocycles. The van der Waals surface area contributed by atoms with E-state index in [1.165, 1.54) is 57.4 Å². The zero-order valence-electron chi connectivity index (χ0n) is 25.9. The van der Waals surface area contributed by atoms with Crippen molar-refractivity contribution in [3.63, 3.8) is 0 Å². The quantitative estimate of drug-likeness (QED) is 0.0812. The Morgan fingerprint density at radius 3 is 1.45 bits per heavy atom. The second-order valence-electron chi connectivity index (χ2n) is 10.3. The van der Waals surface area contributed by atoms with Crippen LogP contribution in [0.4, 0.5) is 26.3 Å². The van der Waals surface area contributed by atoms with E-state index >= 15 is 0 Å². The van der Waals surface area contributed by atoms with E-state index in [0.717, 1.165) is 29.2 Å². The third-order valence-corrected chi connectivity index (χ3v) is 11.0. The highest BCUT2D eigenvalue weighted by atomic mass is 35.5. The summed E-state index contributed by atoms with van der Waals surface area (Å²) in [5, 5.41) is 0.321. The van der Waals surface area contributed by atoms with Crippen molar-refractivity contribution in [2.24, 2.45) is 0 Å². The zero-order valence-corrected chi connectivity index (χ0v) is 28.3. The highest BCUT2D eigenvalue weighted by Crippen LogP contribution is 2.41. The Morgan fingerprint density at radius 1 is 0.612 bits per heavy atom. The second-order valence-corrected chi connectivity index (χ2v) is 13.9. The van der Waals surface area contributed by atoms with Gasteiger partial charge in [-0.05, 0) is 103 Å². The molecule has 0 aliphatic heterocycles. The molecule has 5 rings (SSSR count). The molecule has 5 aromatic rings. The van der Waals surface area contributed by atoms with Gasteiger partial charge in [0, 0.05) is 20.9 Å². The predicted octanol–water partition coefficient (Wildman–Crippen LogP) is 10.9. The number of hydrogen-bond donors (Lipinski definition) is 0. The van der Waals surface area contributed by atoms with Crippen LogP contribution in [0.3, 0.4) is 0 Å². The average molecular weight is 736 g/mol. The summed E-state index contributed by atoms with van der Waals surface area (Å²) >= 11 is 7.93. The van der Waals surface area contributed by atoms with Crippen LogP contribution in [0.25, 0.3) is 0 Å². The van der Waals surface area contributed by atoms with Gasteiger partial charge >= 0.3 is 12.4 Å². The van der Waals surface area contributed by atoms with Crippen LogP contribution in [0.1, 0.15) is 27.0 Å². The number of benzene rings is 5. The number of carbonyl (C=O) groups is 1. The maximum Gasteiger partial charge on any atom is 0.416 e. The van der Waals surface area contributed by atoms with Crippen molar-refractivity contribution in [2.45, 2.75) is 36.8 Å². The lowest BCUT2D eigenvalue weighted by atomic mass is 10.0. The van der Waals surface area contributed by atoms with Gasteiger partial charge in [-0.15, -0.1) is 0 Å². The summed E-state index contributed by atoms with van der Waals surface area (Å²) in [6.07, 6.45) is -9.07. The van der Waals surface area contributed by atoms with Crippen LogP contribution in [0.15, 0.2) is 128 Å². The molecule has 49 heavy (non-hydrogen) atoms. The number of ether oxygens (including phenoxy) is 3. The zero-order chi connectivity index (χ0) is 35.5. The van der Waals surface area contributed by atoms with E-state index in [1.807, 2.05) is 0 Å². The number of hydrogen-bond acceptors (Lipinski definition) is 5. The third kappa shape index (κ3) is 8.14. The van der Waals surface area contributed by atoms with Gasteiger partial charge in [-0.1, -0.05) is 23.4 Å². The Balaban J connectivity index is 1.41. The predicted molar refractivity (Wildman–Crippen MR) is 177 cm³/mol. The maximum absolute atomic E-state index is 13.3. The molecule has 0 spiro atoms. The Labute approximate surface area is 290 Å². The van der Waals surface area contributed by atoms with Crippen LogP contribution in [0, 0.1) is 0 Å². The van der Waals surface area contributed by atoms with Crippen molar-refractivity contribution in [3.8, 4) is 17.2 Å². The van der Waals surface area contributed by atoms with E-state index < -0.39 is 34.4 Å². The first-order valence-corrected chi connectivity index (χ1v) is 16.7. The normalized spacial score (nSPS) is 11.8. The third-order valence-electron chi connectivity index (χ3n) is 7.24. The number of ketones is 1. The summed E-state index contributed by atoms with van der Waals surface area (Å²) in [6.45, 7) is 0. The molecule has 0 radical (unpaired) electrons. The van der Waals surface area contributed by atoms with E-state index in [-0.39, 0.29) is 5.78 Å². The largest absolute Gasteiger partial charge is 0.493 e. The van der Waals surface area contributed by atoms with Crippen molar-refractivity contribution in [2.75, 3.05) is 21.3 Å². The molecule has 254 valence electrons. The molecular weight excluding hydrogens is 710 g/mol. The Hall–Kier alpha value is -4.26. The van der Waals surface area contributed by atoms with E-state index in [2.05, 4.69) is 0 Å². The molecule has 0 bridgehead atoms. The standard InChI is InChI=1S/C36H26ClF6O4S2/c1-45-30-19-22(20-31(46-2)34(30)47-3)33(44)21-4-17-32(29(37)18-21)48-25-9-15-28(16-10-25)49(26-11-5-23(6-12-26)35(38,39)40)27-13-7-24(8-14-27)36(41,42)43/h4-20H,1-3H3/q+1. The van der Waals surface area contributed by atoms with E-state index in [4.69, 9.17) is 25.8 Å². The van der Waals surface area contributed by atoms with Crippen LogP contribution in [0.2, 0.25) is 5.02 Å². The highest BCUT2D eigenvalue weighted by molar-refractivity contribution is 7.99. The van der Waals surface area contributed by atoms with Gasteiger partial charge in [0.05, 0.1) is 48.4 Å². The van der Waals surface area contributed by atoms with Gasteiger partial charge in [0.2, 0.25) is 5.75 Å². The van der Waals surface area contributed by atoms with E-state index in [1.54, 1.807) is 54.6 Å². The van der Waals surface area contributed by atoms with Gasteiger partial charge in [-0.3, -0.25) is 4.79 Å². The van der Waals surface area contributed by atoms with Crippen LogP contribution >= 0.6 is 23.4 Å². The van der Waals surface area contributed by atoms with Gasteiger partial charge < -0.3 is 14.2 Å². The Kier molecular flexibility index (Phi) is 10.8. The molecule has 0 fully saturated rings. The molecule has 0 N–H and O–H groups in total. The molecule has 13 heteroatoms.